The molecule has 0 aliphatic carbocycles. The minimum Gasteiger partial charge on any atom is -0.484 e. The van der Waals surface area contributed by atoms with E-state index in [1.807, 2.05) is 19.1 Å². The minimum absolute atomic E-state index is 0.374. The predicted molar refractivity (Wildman–Crippen MR) is 67.6 cm³/mol. The highest BCUT2D eigenvalue weighted by molar-refractivity contribution is 9.10. The Balaban J connectivity index is 2.02. The Morgan fingerprint density at radius 1 is 1.41 bits per heavy atom. The standard InChI is InChI=1S/C12H13BrN2O2/c1-8-9(4-14)2-12(17-8)7-16-11-3-10(13)5-15-6-11/h2-3,5-6H,4,7,14H2,1H3. The summed E-state index contributed by atoms with van der Waals surface area (Å²) >= 11 is 3.33. The Hall–Kier alpha value is -1.33. The van der Waals surface area contributed by atoms with Crippen LogP contribution in [0.25, 0.3) is 0 Å². The van der Waals surface area contributed by atoms with Crippen LogP contribution >= 0.6 is 15.9 Å². The minimum atomic E-state index is 0.374. The van der Waals surface area contributed by atoms with E-state index in [0.29, 0.717) is 18.9 Å². The first kappa shape index (κ1) is 12.1. The Bertz CT molecular complexity index is 511. The lowest BCUT2D eigenvalue weighted by Crippen LogP contribution is -1.96. The van der Waals surface area contributed by atoms with E-state index in [1.54, 1.807) is 12.4 Å². The number of hydrogen-bond donors (Lipinski definition) is 1. The highest BCUT2D eigenvalue weighted by atomic mass is 79.9. The van der Waals surface area contributed by atoms with Crippen molar-refractivity contribution >= 4 is 15.9 Å². The molecule has 0 aromatic carbocycles. The van der Waals surface area contributed by atoms with Crippen molar-refractivity contribution in [3.05, 3.63) is 46.1 Å². The second kappa shape index (κ2) is 5.33. The Kier molecular flexibility index (Phi) is 3.81. The third kappa shape index (κ3) is 3.08. The molecule has 0 amide bonds. The number of hydrogen-bond acceptors (Lipinski definition) is 4. The second-order valence-electron chi connectivity index (χ2n) is 3.63. The molecule has 2 aromatic rings. The molecular formula is C12H13BrN2O2. The molecule has 0 saturated carbocycles. The van der Waals surface area contributed by atoms with Gasteiger partial charge in [-0.2, -0.15) is 0 Å². The van der Waals surface area contributed by atoms with Gasteiger partial charge >= 0.3 is 0 Å². The number of furan rings is 1. The molecule has 4 nitrogen and oxygen atoms in total. The van der Waals surface area contributed by atoms with Gasteiger partial charge in [0.1, 0.15) is 23.9 Å². The fourth-order valence-electron chi connectivity index (χ4n) is 1.49. The van der Waals surface area contributed by atoms with Crippen LogP contribution in [-0.4, -0.2) is 4.98 Å². The van der Waals surface area contributed by atoms with Gasteiger partial charge in [-0.15, -0.1) is 0 Å². The van der Waals surface area contributed by atoms with Crippen molar-refractivity contribution in [2.24, 2.45) is 5.73 Å². The monoisotopic (exact) mass is 296 g/mol. The third-order valence-corrected chi connectivity index (χ3v) is 2.79. The number of pyridine rings is 1. The average molecular weight is 297 g/mol. The molecule has 0 saturated heterocycles. The molecule has 0 unspecified atom stereocenters. The molecule has 0 atom stereocenters. The number of aryl methyl sites for hydroxylation is 1. The van der Waals surface area contributed by atoms with E-state index >= 15 is 0 Å². The highest BCUT2D eigenvalue weighted by Gasteiger charge is 2.06. The zero-order valence-electron chi connectivity index (χ0n) is 9.44. The summed E-state index contributed by atoms with van der Waals surface area (Å²) in [5.74, 6) is 2.31. The van der Waals surface area contributed by atoms with Gasteiger partial charge in [0.15, 0.2) is 0 Å². The predicted octanol–water partition coefficient (Wildman–Crippen LogP) is 2.78. The lowest BCUT2D eigenvalue weighted by Gasteiger charge is -2.03. The van der Waals surface area contributed by atoms with Crippen molar-refractivity contribution < 1.29 is 9.15 Å². The normalized spacial score (nSPS) is 10.5. The maximum absolute atomic E-state index is 5.57. The van der Waals surface area contributed by atoms with E-state index in [1.165, 1.54) is 0 Å². The van der Waals surface area contributed by atoms with Gasteiger partial charge in [-0.1, -0.05) is 0 Å². The molecule has 2 aromatic heterocycles. The van der Waals surface area contributed by atoms with Gasteiger partial charge in [-0.05, 0) is 35.0 Å². The summed E-state index contributed by atoms with van der Waals surface area (Å²) in [5.41, 5.74) is 6.58. The van der Waals surface area contributed by atoms with Crippen LogP contribution in [-0.2, 0) is 13.2 Å². The Morgan fingerprint density at radius 3 is 2.88 bits per heavy atom. The van der Waals surface area contributed by atoms with Crippen LogP contribution in [0.5, 0.6) is 5.75 Å². The number of nitrogens with zero attached hydrogens (tertiary/aromatic N) is 1. The van der Waals surface area contributed by atoms with E-state index in [-0.39, 0.29) is 0 Å². The topological polar surface area (TPSA) is 61.3 Å². The van der Waals surface area contributed by atoms with Crippen LogP contribution in [0.2, 0.25) is 0 Å². The first-order chi connectivity index (χ1) is 8.19. The third-order valence-electron chi connectivity index (χ3n) is 2.35. The molecule has 0 bridgehead atoms. The van der Waals surface area contributed by atoms with Gasteiger partial charge in [0.05, 0.1) is 6.20 Å². The molecule has 90 valence electrons. The van der Waals surface area contributed by atoms with Crippen LogP contribution < -0.4 is 10.5 Å². The average Bonchev–Trinajstić information content (AvgIpc) is 2.67. The van der Waals surface area contributed by atoms with E-state index in [4.69, 9.17) is 14.9 Å². The van der Waals surface area contributed by atoms with Gasteiger partial charge in [-0.3, -0.25) is 4.98 Å². The van der Waals surface area contributed by atoms with Crippen molar-refractivity contribution in [1.29, 1.82) is 0 Å². The smallest absolute Gasteiger partial charge is 0.146 e. The van der Waals surface area contributed by atoms with Gasteiger partial charge < -0.3 is 14.9 Å². The van der Waals surface area contributed by atoms with E-state index < -0.39 is 0 Å². The lowest BCUT2D eigenvalue weighted by atomic mass is 10.2. The molecule has 5 heteroatoms. The maximum Gasteiger partial charge on any atom is 0.146 e. The van der Waals surface area contributed by atoms with Crippen LogP contribution in [0.15, 0.2) is 33.4 Å². The summed E-state index contributed by atoms with van der Waals surface area (Å²) in [4.78, 5) is 4.01. The zero-order valence-corrected chi connectivity index (χ0v) is 11.0. The Morgan fingerprint density at radius 2 is 2.24 bits per heavy atom. The molecule has 0 aliphatic rings. The molecule has 2 heterocycles. The number of halogens is 1. The number of ether oxygens (including phenoxy) is 1. The van der Waals surface area contributed by atoms with Gasteiger partial charge in [0.25, 0.3) is 0 Å². The largest absolute Gasteiger partial charge is 0.484 e. The fourth-order valence-corrected chi connectivity index (χ4v) is 1.83. The van der Waals surface area contributed by atoms with E-state index in [9.17, 15) is 0 Å². The quantitative estimate of drug-likeness (QED) is 0.942. The SMILES string of the molecule is Cc1oc(COc2cncc(Br)c2)cc1CN. The first-order valence-electron chi connectivity index (χ1n) is 5.20. The second-order valence-corrected chi connectivity index (χ2v) is 4.54. The summed E-state index contributed by atoms with van der Waals surface area (Å²) in [6.45, 7) is 2.75. The zero-order chi connectivity index (χ0) is 12.3. The summed E-state index contributed by atoms with van der Waals surface area (Å²) in [6.07, 6.45) is 3.36. The first-order valence-corrected chi connectivity index (χ1v) is 6.00. The molecule has 0 aliphatic heterocycles. The van der Waals surface area contributed by atoms with Crippen molar-refractivity contribution in [1.82, 2.24) is 4.98 Å². The fraction of sp³-hybridized carbons (Fsp3) is 0.250. The molecule has 2 N–H and O–H groups in total. The van der Waals surface area contributed by atoms with Gasteiger partial charge in [-0.25, -0.2) is 0 Å². The molecule has 0 radical (unpaired) electrons. The lowest BCUT2D eigenvalue weighted by molar-refractivity contribution is 0.266. The van der Waals surface area contributed by atoms with Crippen molar-refractivity contribution in [2.75, 3.05) is 0 Å². The van der Waals surface area contributed by atoms with Crippen LogP contribution in [0.4, 0.5) is 0 Å². The molecule has 0 spiro atoms. The Labute approximate surface area is 108 Å². The van der Waals surface area contributed by atoms with Crippen LogP contribution in [0.3, 0.4) is 0 Å². The van der Waals surface area contributed by atoms with Crippen LogP contribution in [0.1, 0.15) is 17.1 Å². The van der Waals surface area contributed by atoms with Crippen molar-refractivity contribution in [3.8, 4) is 5.75 Å². The highest BCUT2D eigenvalue weighted by Crippen LogP contribution is 2.19. The summed E-state index contributed by atoms with van der Waals surface area (Å²) in [6, 6.07) is 3.77. The summed E-state index contributed by atoms with van der Waals surface area (Å²) in [5, 5.41) is 0. The summed E-state index contributed by atoms with van der Waals surface area (Å²) in [7, 11) is 0. The molecule has 0 fully saturated rings. The number of nitrogens with two attached hydrogens (primary N) is 1. The number of aromatic nitrogens is 1. The van der Waals surface area contributed by atoms with Crippen LogP contribution in [0, 0.1) is 6.92 Å². The summed E-state index contributed by atoms with van der Waals surface area (Å²) < 4.78 is 12.0. The van der Waals surface area contributed by atoms with Crippen molar-refractivity contribution in [3.63, 3.8) is 0 Å². The number of rotatable bonds is 4. The molecule has 17 heavy (non-hydrogen) atoms. The van der Waals surface area contributed by atoms with Gasteiger partial charge in [0.2, 0.25) is 0 Å². The van der Waals surface area contributed by atoms with Gasteiger partial charge in [0, 0.05) is 22.8 Å². The van der Waals surface area contributed by atoms with Crippen molar-refractivity contribution in [2.45, 2.75) is 20.1 Å². The van der Waals surface area contributed by atoms with E-state index in [2.05, 4.69) is 20.9 Å². The maximum atomic E-state index is 5.57. The molecule has 2 rings (SSSR count). The van der Waals surface area contributed by atoms with E-state index in [0.717, 1.165) is 21.6 Å². The molecular weight excluding hydrogens is 284 g/mol.